The second-order valence-corrected chi connectivity index (χ2v) is 8.24. The molecule has 35 heavy (non-hydrogen) atoms. The van der Waals surface area contributed by atoms with Crippen LogP contribution in [0.1, 0.15) is 44.3 Å². The predicted molar refractivity (Wildman–Crippen MR) is 125 cm³/mol. The van der Waals surface area contributed by atoms with Gasteiger partial charge in [-0.25, -0.2) is 0 Å². The molecule has 0 saturated heterocycles. The van der Waals surface area contributed by atoms with Crippen LogP contribution in [0, 0.1) is 0 Å². The Morgan fingerprint density at radius 2 is 1.51 bits per heavy atom. The van der Waals surface area contributed by atoms with Crippen molar-refractivity contribution in [2.45, 2.75) is 19.4 Å². The van der Waals surface area contributed by atoms with E-state index in [-0.39, 0.29) is 29.1 Å². The van der Waals surface area contributed by atoms with Crippen LogP contribution < -0.4 is 14.8 Å². The number of ketones is 2. The molecule has 1 atom stereocenters. The zero-order valence-electron chi connectivity index (χ0n) is 18.8. The van der Waals surface area contributed by atoms with Gasteiger partial charge >= 0.3 is 5.97 Å². The molecule has 0 spiro atoms. The Bertz CT molecular complexity index is 1380. The van der Waals surface area contributed by atoms with Crippen LogP contribution in [0.3, 0.4) is 0 Å². The van der Waals surface area contributed by atoms with E-state index in [4.69, 9.17) is 14.2 Å². The third-order valence-electron chi connectivity index (χ3n) is 5.83. The largest absolute Gasteiger partial charge is 0.486 e. The summed E-state index contributed by atoms with van der Waals surface area (Å²) in [5, 5.41) is 2.65. The molecule has 0 saturated carbocycles. The van der Waals surface area contributed by atoms with Crippen LogP contribution in [0.4, 0.5) is 5.69 Å². The van der Waals surface area contributed by atoms with E-state index in [1.165, 1.54) is 19.1 Å². The first-order chi connectivity index (χ1) is 16.9. The zero-order chi connectivity index (χ0) is 24.5. The summed E-state index contributed by atoms with van der Waals surface area (Å²) in [5.41, 5.74) is 2.18. The summed E-state index contributed by atoms with van der Waals surface area (Å²) in [5.74, 6) is -0.479. The average molecular weight is 471 g/mol. The molecule has 0 fully saturated rings. The maximum absolute atomic E-state index is 12.9. The van der Waals surface area contributed by atoms with Gasteiger partial charge in [0.1, 0.15) is 13.2 Å². The van der Waals surface area contributed by atoms with Gasteiger partial charge in [0, 0.05) is 27.9 Å². The lowest BCUT2D eigenvalue weighted by atomic mass is 9.84. The molecule has 1 aliphatic carbocycles. The first kappa shape index (κ1) is 22.3. The normalized spacial score (nSPS) is 14.4. The first-order valence-corrected chi connectivity index (χ1v) is 11.1. The molecule has 0 bridgehead atoms. The minimum absolute atomic E-state index is 0.0386. The third-order valence-corrected chi connectivity index (χ3v) is 5.83. The van der Waals surface area contributed by atoms with Crippen molar-refractivity contribution in [2.24, 2.45) is 0 Å². The molecule has 3 aromatic carbocycles. The number of hydrogen-bond acceptors (Lipinski definition) is 7. The number of fused-ring (bicyclic) bond motifs is 3. The molecule has 5 rings (SSSR count). The number of esters is 1. The highest BCUT2D eigenvalue weighted by atomic mass is 16.6. The Morgan fingerprint density at radius 3 is 2.26 bits per heavy atom. The molecule has 1 unspecified atom stereocenters. The molecule has 176 valence electrons. The van der Waals surface area contributed by atoms with Crippen molar-refractivity contribution < 1.29 is 33.4 Å². The Labute approximate surface area is 200 Å². The molecule has 8 heteroatoms. The van der Waals surface area contributed by atoms with Gasteiger partial charge in [0.15, 0.2) is 29.2 Å². The molecule has 0 aromatic heterocycles. The fourth-order valence-electron chi connectivity index (χ4n) is 4.08. The van der Waals surface area contributed by atoms with Crippen LogP contribution in [0.15, 0.2) is 60.7 Å². The molecule has 3 aromatic rings. The van der Waals surface area contributed by atoms with Crippen LogP contribution in [-0.2, 0) is 20.7 Å². The van der Waals surface area contributed by atoms with Crippen molar-refractivity contribution in [1.29, 1.82) is 0 Å². The number of carbonyl (C=O) groups excluding carboxylic acids is 4. The molecule has 2 aliphatic rings. The smallest absolute Gasteiger partial charge is 0.311 e. The molecule has 1 heterocycles. The maximum Gasteiger partial charge on any atom is 0.311 e. The van der Waals surface area contributed by atoms with Crippen molar-refractivity contribution in [3.05, 3.63) is 88.5 Å². The first-order valence-electron chi connectivity index (χ1n) is 11.1. The second-order valence-electron chi connectivity index (χ2n) is 8.24. The SMILES string of the molecule is CC(OC(=O)Cc1ccc2c(c1)OCCO2)C(=O)Nc1ccc2c(c1)C(=O)c1ccccc1C2=O. The number of anilines is 1. The minimum atomic E-state index is -1.08. The van der Waals surface area contributed by atoms with Crippen LogP contribution in [0.2, 0.25) is 0 Å². The van der Waals surface area contributed by atoms with Crippen LogP contribution in [-0.4, -0.2) is 42.8 Å². The lowest BCUT2D eigenvalue weighted by molar-refractivity contribution is -0.152. The number of rotatable bonds is 5. The fraction of sp³-hybridized carbons (Fsp3) is 0.185. The van der Waals surface area contributed by atoms with Crippen molar-refractivity contribution in [3.8, 4) is 11.5 Å². The molecule has 1 N–H and O–H groups in total. The summed E-state index contributed by atoms with van der Waals surface area (Å²) in [4.78, 5) is 50.6. The van der Waals surface area contributed by atoms with E-state index in [1.807, 2.05) is 0 Å². The van der Waals surface area contributed by atoms with E-state index >= 15 is 0 Å². The summed E-state index contributed by atoms with van der Waals surface area (Å²) in [6.07, 6.45) is -1.11. The number of amides is 1. The van der Waals surface area contributed by atoms with Crippen molar-refractivity contribution in [1.82, 2.24) is 0 Å². The monoisotopic (exact) mass is 471 g/mol. The number of nitrogens with one attached hydrogen (secondary N) is 1. The maximum atomic E-state index is 12.9. The highest BCUT2D eigenvalue weighted by Gasteiger charge is 2.30. The third kappa shape index (κ3) is 4.38. The molecule has 8 nitrogen and oxygen atoms in total. The van der Waals surface area contributed by atoms with Crippen molar-refractivity contribution in [3.63, 3.8) is 0 Å². The fourth-order valence-corrected chi connectivity index (χ4v) is 4.08. The quantitative estimate of drug-likeness (QED) is 0.445. The second kappa shape index (κ2) is 9.06. The topological polar surface area (TPSA) is 108 Å². The van der Waals surface area contributed by atoms with E-state index in [0.29, 0.717) is 47.1 Å². The Morgan fingerprint density at radius 1 is 0.857 bits per heavy atom. The minimum Gasteiger partial charge on any atom is -0.486 e. The number of ether oxygens (including phenoxy) is 3. The van der Waals surface area contributed by atoms with Gasteiger partial charge < -0.3 is 19.5 Å². The van der Waals surface area contributed by atoms with Gasteiger partial charge in [-0.1, -0.05) is 30.3 Å². The zero-order valence-corrected chi connectivity index (χ0v) is 18.8. The molecule has 0 radical (unpaired) electrons. The number of benzene rings is 3. The van der Waals surface area contributed by atoms with Crippen LogP contribution in [0.5, 0.6) is 11.5 Å². The molecule has 1 aliphatic heterocycles. The highest BCUT2D eigenvalue weighted by Crippen LogP contribution is 2.31. The van der Waals surface area contributed by atoms with E-state index in [9.17, 15) is 19.2 Å². The van der Waals surface area contributed by atoms with Gasteiger partial charge in [-0.3, -0.25) is 19.2 Å². The summed E-state index contributed by atoms with van der Waals surface area (Å²) in [6.45, 7) is 2.37. The summed E-state index contributed by atoms with van der Waals surface area (Å²) >= 11 is 0. The lowest BCUT2D eigenvalue weighted by Crippen LogP contribution is -2.30. The van der Waals surface area contributed by atoms with Crippen molar-refractivity contribution in [2.75, 3.05) is 18.5 Å². The summed E-state index contributed by atoms with van der Waals surface area (Å²) in [6, 6.07) is 16.3. The van der Waals surface area contributed by atoms with E-state index in [2.05, 4.69) is 5.32 Å². The molecular formula is C27H21NO7. The summed E-state index contributed by atoms with van der Waals surface area (Å²) < 4.78 is 16.3. The van der Waals surface area contributed by atoms with E-state index in [0.717, 1.165) is 0 Å². The standard InChI is InChI=1S/C27H21NO7/c1-15(35-24(29)13-16-6-9-22-23(12-16)34-11-10-33-22)27(32)28-17-7-8-20-21(14-17)26(31)19-5-3-2-4-18(19)25(20)30/h2-9,12,14-15H,10-11,13H2,1H3,(H,28,32). The molecular weight excluding hydrogens is 450 g/mol. The van der Waals surface area contributed by atoms with Crippen LogP contribution >= 0.6 is 0 Å². The number of hydrogen-bond donors (Lipinski definition) is 1. The van der Waals surface area contributed by atoms with Gasteiger partial charge in [0.05, 0.1) is 6.42 Å². The molecule has 1 amide bonds. The number of carbonyl (C=O) groups is 4. The Balaban J connectivity index is 1.23. The average Bonchev–Trinajstić information content (AvgIpc) is 2.87. The van der Waals surface area contributed by atoms with Gasteiger partial charge in [-0.15, -0.1) is 0 Å². The van der Waals surface area contributed by atoms with Gasteiger partial charge in [-0.05, 0) is 42.8 Å². The Hall–Kier alpha value is -4.46. The van der Waals surface area contributed by atoms with Crippen LogP contribution in [0.25, 0.3) is 0 Å². The van der Waals surface area contributed by atoms with Gasteiger partial charge in [-0.2, -0.15) is 0 Å². The Kier molecular flexibility index (Phi) is 5.78. The van der Waals surface area contributed by atoms with Crippen molar-refractivity contribution >= 4 is 29.1 Å². The summed E-state index contributed by atoms with van der Waals surface area (Å²) in [7, 11) is 0. The highest BCUT2D eigenvalue weighted by molar-refractivity contribution is 6.28. The van der Waals surface area contributed by atoms with E-state index < -0.39 is 18.0 Å². The van der Waals surface area contributed by atoms with Gasteiger partial charge in [0.2, 0.25) is 0 Å². The van der Waals surface area contributed by atoms with E-state index in [1.54, 1.807) is 48.5 Å². The lowest BCUT2D eigenvalue weighted by Gasteiger charge is -2.19. The van der Waals surface area contributed by atoms with Gasteiger partial charge in [0.25, 0.3) is 5.91 Å². The predicted octanol–water partition coefficient (Wildman–Crippen LogP) is 3.35.